The van der Waals surface area contributed by atoms with Gasteiger partial charge in [-0.15, -0.1) is 35.3 Å². The van der Waals surface area contributed by atoms with E-state index in [-0.39, 0.29) is 36.4 Å². The average molecular weight is 500 g/mol. The first-order chi connectivity index (χ1) is 12.6. The number of amides is 1. The zero-order valence-corrected chi connectivity index (χ0v) is 19.4. The van der Waals surface area contributed by atoms with Crippen molar-refractivity contribution in [1.82, 2.24) is 15.1 Å². The lowest BCUT2D eigenvalue weighted by Crippen LogP contribution is -2.45. The van der Waals surface area contributed by atoms with Crippen LogP contribution in [0.5, 0.6) is 0 Å². The van der Waals surface area contributed by atoms with E-state index in [1.165, 1.54) is 4.88 Å². The Balaban J connectivity index is 0.00000364. The Bertz CT molecular complexity index is 691. The summed E-state index contributed by atoms with van der Waals surface area (Å²) in [5, 5.41) is 5.28. The monoisotopic (exact) mass is 500 g/mol. The summed E-state index contributed by atoms with van der Waals surface area (Å²) < 4.78 is 0. The normalized spacial score (nSPS) is 10.9. The standard InChI is InChI=1S/C20H28N4OS.HI/c1-4-24(16-17-9-6-5-7-10-17)19(25)15-22-20(21-2)23(3)13-12-18-11-8-14-26-18;/h5-11,14H,4,12-13,15-16H2,1-3H3,(H,21,22);1H. The molecule has 2 rings (SSSR count). The molecule has 5 nitrogen and oxygen atoms in total. The summed E-state index contributed by atoms with van der Waals surface area (Å²) in [4.78, 5) is 22.1. The molecule has 1 heterocycles. The van der Waals surface area contributed by atoms with E-state index in [0.29, 0.717) is 13.1 Å². The highest BCUT2D eigenvalue weighted by atomic mass is 127. The number of hydrogen-bond donors (Lipinski definition) is 1. The Morgan fingerprint density at radius 3 is 2.52 bits per heavy atom. The maximum absolute atomic E-state index is 12.6. The Morgan fingerprint density at radius 1 is 1.19 bits per heavy atom. The van der Waals surface area contributed by atoms with Gasteiger partial charge < -0.3 is 15.1 Å². The number of nitrogens with zero attached hydrogens (tertiary/aromatic N) is 3. The molecule has 0 radical (unpaired) electrons. The number of carbonyl (C=O) groups excluding carboxylic acids is 1. The fourth-order valence-electron chi connectivity index (χ4n) is 2.67. The van der Waals surface area contributed by atoms with Crippen molar-refractivity contribution in [1.29, 1.82) is 0 Å². The van der Waals surface area contributed by atoms with Gasteiger partial charge in [0.2, 0.25) is 5.91 Å². The Labute approximate surface area is 183 Å². The fourth-order valence-corrected chi connectivity index (χ4v) is 3.37. The average Bonchev–Trinajstić information content (AvgIpc) is 3.19. The predicted octanol–water partition coefficient (Wildman–Crippen LogP) is 3.46. The van der Waals surface area contributed by atoms with Crippen LogP contribution in [0.4, 0.5) is 0 Å². The van der Waals surface area contributed by atoms with Crippen LogP contribution in [0.3, 0.4) is 0 Å². The highest BCUT2D eigenvalue weighted by molar-refractivity contribution is 14.0. The third-order valence-corrected chi connectivity index (χ3v) is 5.13. The highest BCUT2D eigenvalue weighted by Crippen LogP contribution is 2.09. The van der Waals surface area contributed by atoms with Gasteiger partial charge in [0.05, 0.1) is 6.54 Å². The van der Waals surface area contributed by atoms with E-state index in [1.54, 1.807) is 18.4 Å². The molecule has 0 aliphatic rings. The number of guanidine groups is 1. The van der Waals surface area contributed by atoms with Crippen LogP contribution in [-0.2, 0) is 17.8 Å². The highest BCUT2D eigenvalue weighted by Gasteiger charge is 2.14. The number of nitrogens with one attached hydrogen (secondary N) is 1. The van der Waals surface area contributed by atoms with Gasteiger partial charge in [-0.1, -0.05) is 36.4 Å². The van der Waals surface area contributed by atoms with Gasteiger partial charge in [0.15, 0.2) is 5.96 Å². The van der Waals surface area contributed by atoms with Crippen molar-refractivity contribution in [3.8, 4) is 0 Å². The molecule has 0 bridgehead atoms. The Morgan fingerprint density at radius 2 is 1.93 bits per heavy atom. The van der Waals surface area contributed by atoms with Gasteiger partial charge in [0.1, 0.15) is 0 Å². The zero-order chi connectivity index (χ0) is 18.8. The van der Waals surface area contributed by atoms with Gasteiger partial charge in [-0.2, -0.15) is 0 Å². The number of benzene rings is 1. The minimum atomic E-state index is 0. The minimum absolute atomic E-state index is 0. The van der Waals surface area contributed by atoms with Crippen LogP contribution >= 0.6 is 35.3 Å². The molecule has 1 amide bonds. The summed E-state index contributed by atoms with van der Waals surface area (Å²) in [7, 11) is 3.74. The topological polar surface area (TPSA) is 47.9 Å². The number of halogens is 1. The number of likely N-dealkylation sites (N-methyl/N-ethyl adjacent to an activating group) is 2. The van der Waals surface area contributed by atoms with Crippen molar-refractivity contribution in [2.24, 2.45) is 4.99 Å². The third-order valence-electron chi connectivity index (χ3n) is 4.20. The number of thiophene rings is 1. The summed E-state index contributed by atoms with van der Waals surface area (Å²) in [5.74, 6) is 0.815. The van der Waals surface area contributed by atoms with Gasteiger partial charge in [0, 0.05) is 38.6 Å². The van der Waals surface area contributed by atoms with Crippen molar-refractivity contribution in [3.63, 3.8) is 0 Å². The summed E-state index contributed by atoms with van der Waals surface area (Å²) in [5.41, 5.74) is 1.14. The van der Waals surface area contributed by atoms with Crippen LogP contribution in [0.1, 0.15) is 17.4 Å². The van der Waals surface area contributed by atoms with Gasteiger partial charge in [-0.05, 0) is 30.4 Å². The van der Waals surface area contributed by atoms with Gasteiger partial charge in [-0.3, -0.25) is 9.79 Å². The summed E-state index contributed by atoms with van der Waals surface area (Å²) >= 11 is 1.76. The molecule has 2 aromatic rings. The van der Waals surface area contributed by atoms with E-state index >= 15 is 0 Å². The van der Waals surface area contributed by atoms with Crippen molar-refractivity contribution in [2.75, 3.05) is 33.7 Å². The Hall–Kier alpha value is -1.61. The number of carbonyl (C=O) groups is 1. The molecule has 148 valence electrons. The molecule has 0 unspecified atom stereocenters. The van der Waals surface area contributed by atoms with Crippen LogP contribution < -0.4 is 5.32 Å². The van der Waals surface area contributed by atoms with Crippen LogP contribution in [0.2, 0.25) is 0 Å². The van der Waals surface area contributed by atoms with Crippen LogP contribution in [0, 0.1) is 0 Å². The quantitative estimate of drug-likeness (QED) is 0.343. The third kappa shape index (κ3) is 7.88. The maximum Gasteiger partial charge on any atom is 0.242 e. The van der Waals surface area contributed by atoms with Gasteiger partial charge in [0.25, 0.3) is 0 Å². The second-order valence-corrected chi connectivity index (χ2v) is 7.08. The summed E-state index contributed by atoms with van der Waals surface area (Å²) in [6.45, 7) is 4.42. The second-order valence-electron chi connectivity index (χ2n) is 6.05. The van der Waals surface area contributed by atoms with Gasteiger partial charge >= 0.3 is 0 Å². The van der Waals surface area contributed by atoms with E-state index in [1.807, 2.05) is 49.2 Å². The van der Waals surface area contributed by atoms with Crippen molar-refractivity contribution in [3.05, 3.63) is 58.3 Å². The minimum Gasteiger partial charge on any atom is -0.347 e. The lowest BCUT2D eigenvalue weighted by Gasteiger charge is -2.24. The Kier molecular flexibility index (Phi) is 11.0. The SMILES string of the molecule is CCN(Cc1ccccc1)C(=O)CNC(=NC)N(C)CCc1cccs1.I. The summed E-state index contributed by atoms with van der Waals surface area (Å²) in [6.07, 6.45) is 0.970. The first-order valence-corrected chi connectivity index (χ1v) is 9.77. The lowest BCUT2D eigenvalue weighted by molar-refractivity contribution is -0.130. The van der Waals surface area contributed by atoms with E-state index in [2.05, 4.69) is 32.7 Å². The zero-order valence-electron chi connectivity index (χ0n) is 16.2. The number of hydrogen-bond acceptors (Lipinski definition) is 3. The number of rotatable bonds is 8. The molecule has 0 atom stereocenters. The summed E-state index contributed by atoms with van der Waals surface area (Å²) in [6, 6.07) is 14.3. The molecule has 7 heteroatoms. The predicted molar refractivity (Wildman–Crippen MR) is 125 cm³/mol. The molecular weight excluding hydrogens is 471 g/mol. The number of aliphatic imine (C=N–C) groups is 1. The van der Waals surface area contributed by atoms with E-state index in [9.17, 15) is 4.79 Å². The van der Waals surface area contributed by atoms with E-state index < -0.39 is 0 Å². The van der Waals surface area contributed by atoms with Crippen LogP contribution in [0.15, 0.2) is 52.8 Å². The molecule has 0 spiro atoms. The molecular formula is C20H29IN4OS. The smallest absolute Gasteiger partial charge is 0.242 e. The van der Waals surface area contributed by atoms with Crippen molar-refractivity contribution >= 4 is 47.2 Å². The second kappa shape index (κ2) is 12.7. The van der Waals surface area contributed by atoms with Crippen LogP contribution in [-0.4, -0.2) is 55.4 Å². The molecule has 0 aliphatic carbocycles. The lowest BCUT2D eigenvalue weighted by atomic mass is 10.2. The van der Waals surface area contributed by atoms with Crippen molar-refractivity contribution < 1.29 is 4.79 Å². The first kappa shape index (κ1) is 23.4. The van der Waals surface area contributed by atoms with Crippen LogP contribution in [0.25, 0.3) is 0 Å². The van der Waals surface area contributed by atoms with Crippen molar-refractivity contribution in [2.45, 2.75) is 19.9 Å². The molecule has 0 saturated heterocycles. The molecule has 1 aromatic heterocycles. The largest absolute Gasteiger partial charge is 0.347 e. The molecule has 1 aromatic carbocycles. The maximum atomic E-state index is 12.6. The molecule has 27 heavy (non-hydrogen) atoms. The van der Waals surface area contributed by atoms with Gasteiger partial charge in [-0.25, -0.2) is 0 Å². The van der Waals surface area contributed by atoms with E-state index in [4.69, 9.17) is 0 Å². The fraction of sp³-hybridized carbons (Fsp3) is 0.400. The molecule has 0 saturated carbocycles. The molecule has 0 fully saturated rings. The van der Waals surface area contributed by atoms with E-state index in [0.717, 1.165) is 24.5 Å². The molecule has 0 aliphatic heterocycles. The first-order valence-electron chi connectivity index (χ1n) is 8.90. The molecule has 1 N–H and O–H groups in total.